The van der Waals surface area contributed by atoms with Crippen LogP contribution in [0.25, 0.3) is 0 Å². The van der Waals surface area contributed by atoms with Crippen LogP contribution < -0.4 is 0 Å². The van der Waals surface area contributed by atoms with Gasteiger partial charge in [-0.05, 0) is 103 Å². The Morgan fingerprint density at radius 3 is 1.84 bits per heavy atom. The standard InChI is InChI=1S/C49H78O20/c1-44(2)13-15-49(43(62)69-41-33(58)31(56)29(54)25(20-51)65-41)16-14-47(6)21(22(49)17-44)9-10-27-46(5)18-23(52)38(45(3,4)26(46)11-12-48(27,47)7)68-42-35(60)36(34(59)37(67-42)39(61)63-8)66-40-32(57)30(55)28(53)24(19-50)64-40/h9,22-38,40-42,50-60H,10-20H2,1-8H3/t22-,23-,24+,25+,26-,27+,28-,29+,30-,31-,32+,33+,34-,35+,36-,37-,38-,40-,41-,42-,46-,47+,48+,49-/m0/s1. The average Bonchev–Trinajstić information content (AvgIpc) is 3.29. The molecule has 4 saturated carbocycles. The second-order valence-electron chi connectivity index (χ2n) is 23.9. The van der Waals surface area contributed by atoms with Gasteiger partial charge in [-0.2, -0.15) is 0 Å². The Balaban J connectivity index is 1.05. The highest BCUT2D eigenvalue weighted by Gasteiger charge is 2.71. The van der Waals surface area contributed by atoms with Crippen LogP contribution >= 0.6 is 0 Å². The summed E-state index contributed by atoms with van der Waals surface area (Å²) in [5.74, 6) is -1.77. The van der Waals surface area contributed by atoms with Crippen molar-refractivity contribution in [1.82, 2.24) is 0 Å². The highest BCUT2D eigenvalue weighted by molar-refractivity contribution is 5.79. The first-order chi connectivity index (χ1) is 32.2. The summed E-state index contributed by atoms with van der Waals surface area (Å²) >= 11 is 0. The number of aliphatic hydroxyl groups is 11. The van der Waals surface area contributed by atoms with Crippen LogP contribution in [-0.4, -0.2) is 193 Å². The molecule has 8 rings (SSSR count). The molecule has 20 heteroatoms. The van der Waals surface area contributed by atoms with Gasteiger partial charge in [0.1, 0.15) is 67.1 Å². The third-order valence-corrected chi connectivity index (χ3v) is 19.4. The van der Waals surface area contributed by atoms with Gasteiger partial charge >= 0.3 is 11.9 Å². The number of fused-ring (bicyclic) bond motifs is 7. The molecule has 7 fully saturated rings. The van der Waals surface area contributed by atoms with Gasteiger partial charge in [0, 0.05) is 0 Å². The lowest BCUT2D eigenvalue weighted by atomic mass is 9.33. The number of ether oxygens (including phenoxy) is 7. The topological polar surface area (TPSA) is 321 Å². The van der Waals surface area contributed by atoms with Gasteiger partial charge in [0.25, 0.3) is 0 Å². The Morgan fingerprint density at radius 2 is 1.23 bits per heavy atom. The molecule has 3 aliphatic heterocycles. The molecule has 394 valence electrons. The van der Waals surface area contributed by atoms with Gasteiger partial charge in [-0.15, -0.1) is 0 Å². The molecule has 3 saturated heterocycles. The summed E-state index contributed by atoms with van der Waals surface area (Å²) in [6.45, 7) is 13.9. The fourth-order valence-corrected chi connectivity index (χ4v) is 15.3. The van der Waals surface area contributed by atoms with E-state index in [0.717, 1.165) is 26.4 Å². The smallest absolute Gasteiger partial charge is 0.337 e. The van der Waals surface area contributed by atoms with Crippen molar-refractivity contribution >= 4 is 11.9 Å². The molecule has 0 aromatic heterocycles. The van der Waals surface area contributed by atoms with E-state index in [1.165, 1.54) is 5.57 Å². The normalized spacial score (nSPS) is 52.5. The van der Waals surface area contributed by atoms with Crippen LogP contribution in [0.1, 0.15) is 106 Å². The SMILES string of the molecule is COC(=O)[C@H]1O[C@@H](O[C@H]2[C@@H](O)C[C@]3(C)[C@H]4CC=C5[C@@H]6CC(C)(C)CC[C@]6(C(=O)O[C@@H]6O[C@H](CO)[C@@H](O)[C@H](O)[C@H]6O)CC[C@@]5(C)[C@]4(C)CC[C@H]3C2(C)C)[C@H](O)[C@@H](O[C@@H]2O[C@H](CO)[C@H](O)[C@H](O)[C@H]2O)[C@@H]1O. The van der Waals surface area contributed by atoms with Crippen LogP contribution in [0.2, 0.25) is 0 Å². The Kier molecular flexibility index (Phi) is 14.5. The van der Waals surface area contributed by atoms with Crippen LogP contribution in [0, 0.1) is 50.2 Å². The van der Waals surface area contributed by atoms with Crippen LogP contribution in [-0.2, 0) is 42.7 Å². The third kappa shape index (κ3) is 8.36. The summed E-state index contributed by atoms with van der Waals surface area (Å²) < 4.78 is 40.3. The van der Waals surface area contributed by atoms with E-state index in [0.29, 0.717) is 38.5 Å². The molecular weight excluding hydrogens is 909 g/mol. The van der Waals surface area contributed by atoms with Gasteiger partial charge in [-0.1, -0.05) is 60.1 Å². The molecule has 0 amide bonds. The van der Waals surface area contributed by atoms with Crippen molar-refractivity contribution in [3.05, 3.63) is 11.6 Å². The number of hydrogen-bond donors (Lipinski definition) is 11. The summed E-state index contributed by atoms with van der Waals surface area (Å²) in [6.07, 6.45) is -19.6. The van der Waals surface area contributed by atoms with Crippen molar-refractivity contribution in [2.24, 2.45) is 50.2 Å². The summed E-state index contributed by atoms with van der Waals surface area (Å²) in [5.41, 5.74) is -1.80. The first-order valence-corrected chi connectivity index (χ1v) is 24.8. The fraction of sp³-hybridized carbons (Fsp3) is 0.918. The molecule has 5 aliphatic carbocycles. The summed E-state index contributed by atoms with van der Waals surface area (Å²) in [7, 11) is 1.07. The Hall–Kier alpha value is -1.96. The van der Waals surface area contributed by atoms with Crippen molar-refractivity contribution in [3.8, 4) is 0 Å². The predicted octanol–water partition coefficient (Wildman–Crippen LogP) is -0.708. The van der Waals surface area contributed by atoms with E-state index in [2.05, 4.69) is 40.7 Å². The summed E-state index contributed by atoms with van der Waals surface area (Å²) in [6, 6.07) is 0. The zero-order chi connectivity index (χ0) is 50.7. The number of rotatable bonds is 9. The van der Waals surface area contributed by atoms with E-state index in [-0.39, 0.29) is 34.0 Å². The van der Waals surface area contributed by atoms with Crippen LogP contribution in [0.15, 0.2) is 11.6 Å². The summed E-state index contributed by atoms with van der Waals surface area (Å²) in [5, 5.41) is 118. The Bertz CT molecular complexity index is 1930. The van der Waals surface area contributed by atoms with Crippen molar-refractivity contribution in [1.29, 1.82) is 0 Å². The first kappa shape index (κ1) is 53.3. The van der Waals surface area contributed by atoms with Crippen molar-refractivity contribution in [3.63, 3.8) is 0 Å². The largest absolute Gasteiger partial charge is 0.467 e. The average molecular weight is 987 g/mol. The number of allylic oxidation sites excluding steroid dienone is 2. The second kappa shape index (κ2) is 18.8. The first-order valence-electron chi connectivity index (χ1n) is 24.8. The van der Waals surface area contributed by atoms with Crippen molar-refractivity contribution in [2.45, 2.75) is 211 Å². The number of methoxy groups -OCH3 is 1. The van der Waals surface area contributed by atoms with Gasteiger partial charge in [0.15, 0.2) is 18.7 Å². The maximum atomic E-state index is 14.7. The molecule has 0 spiro atoms. The molecule has 69 heavy (non-hydrogen) atoms. The highest BCUT2D eigenvalue weighted by atomic mass is 16.7. The molecule has 0 aromatic rings. The molecule has 24 atom stereocenters. The van der Waals surface area contributed by atoms with Gasteiger partial charge < -0.3 is 89.3 Å². The minimum Gasteiger partial charge on any atom is -0.467 e. The zero-order valence-electron chi connectivity index (χ0n) is 41.0. The molecule has 0 bridgehead atoms. The monoisotopic (exact) mass is 987 g/mol. The predicted molar refractivity (Wildman–Crippen MR) is 236 cm³/mol. The molecule has 11 N–H and O–H groups in total. The molecule has 0 radical (unpaired) electrons. The van der Waals surface area contributed by atoms with Crippen molar-refractivity contribution in [2.75, 3.05) is 20.3 Å². The van der Waals surface area contributed by atoms with E-state index >= 15 is 0 Å². The lowest BCUT2D eigenvalue weighted by Gasteiger charge is -2.71. The lowest BCUT2D eigenvalue weighted by molar-refractivity contribution is -0.370. The van der Waals surface area contributed by atoms with E-state index in [4.69, 9.17) is 33.2 Å². The van der Waals surface area contributed by atoms with E-state index in [1.54, 1.807) is 0 Å². The maximum Gasteiger partial charge on any atom is 0.337 e. The van der Waals surface area contributed by atoms with Crippen molar-refractivity contribution < 1.29 is 98.9 Å². The lowest BCUT2D eigenvalue weighted by Crippen LogP contribution is -2.69. The quantitative estimate of drug-likeness (QED) is 0.0773. The highest BCUT2D eigenvalue weighted by Crippen LogP contribution is 2.76. The van der Waals surface area contributed by atoms with E-state index < -0.39 is 146 Å². The molecule has 0 unspecified atom stereocenters. The Morgan fingerprint density at radius 1 is 0.652 bits per heavy atom. The molecule has 20 nitrogen and oxygen atoms in total. The summed E-state index contributed by atoms with van der Waals surface area (Å²) in [4.78, 5) is 27.7. The number of aliphatic hydroxyl groups excluding tert-OH is 11. The van der Waals surface area contributed by atoms with E-state index in [1.807, 2.05) is 13.8 Å². The zero-order valence-corrected chi connectivity index (χ0v) is 41.0. The second-order valence-corrected chi connectivity index (χ2v) is 23.9. The van der Waals surface area contributed by atoms with Crippen LogP contribution in [0.4, 0.5) is 0 Å². The third-order valence-electron chi connectivity index (χ3n) is 19.4. The number of esters is 2. The minimum absolute atomic E-state index is 0.0521. The van der Waals surface area contributed by atoms with Crippen LogP contribution in [0.5, 0.6) is 0 Å². The van der Waals surface area contributed by atoms with Gasteiger partial charge in [-0.3, -0.25) is 4.79 Å². The minimum atomic E-state index is -1.91. The van der Waals surface area contributed by atoms with Gasteiger partial charge in [0.2, 0.25) is 6.29 Å². The van der Waals surface area contributed by atoms with Gasteiger partial charge in [0.05, 0.1) is 37.9 Å². The molecule has 3 heterocycles. The number of carbonyl (C=O) groups is 2. The van der Waals surface area contributed by atoms with Gasteiger partial charge in [-0.25, -0.2) is 4.79 Å². The molecule has 0 aromatic carbocycles. The number of carbonyl (C=O) groups excluding carboxylic acids is 2. The number of hydrogen-bond acceptors (Lipinski definition) is 20. The van der Waals surface area contributed by atoms with Crippen LogP contribution in [0.3, 0.4) is 0 Å². The van der Waals surface area contributed by atoms with E-state index in [9.17, 15) is 65.8 Å². The molecule has 8 aliphatic rings. The maximum absolute atomic E-state index is 14.7. The fourth-order valence-electron chi connectivity index (χ4n) is 15.3. The Labute approximate surface area is 402 Å². The molecular formula is C49H78O20.